The Hall–Kier alpha value is -4.05. The first-order valence-electron chi connectivity index (χ1n) is 8.77. The van der Waals surface area contributed by atoms with Gasteiger partial charge < -0.3 is 14.2 Å². The average Bonchev–Trinajstić information content (AvgIpc) is 3.21. The summed E-state index contributed by atoms with van der Waals surface area (Å²) in [5.41, 5.74) is 4.21. The molecule has 0 saturated heterocycles. The van der Waals surface area contributed by atoms with Gasteiger partial charge in [0.15, 0.2) is 11.5 Å². The van der Waals surface area contributed by atoms with E-state index in [1.807, 2.05) is 24.3 Å². The SMILES string of the molecule is C=C(OC)c1cc(-c2n[nH]c3cnc4cc(OC)c(OC)cc4c23)ccc1C#N. The highest BCUT2D eigenvalue weighted by Gasteiger charge is 2.17. The molecule has 0 aliphatic rings. The lowest BCUT2D eigenvalue weighted by Gasteiger charge is -2.11. The largest absolute Gasteiger partial charge is 0.497 e. The zero-order valence-corrected chi connectivity index (χ0v) is 16.2. The van der Waals surface area contributed by atoms with Crippen molar-refractivity contribution in [3.63, 3.8) is 0 Å². The van der Waals surface area contributed by atoms with E-state index in [0.29, 0.717) is 28.4 Å². The van der Waals surface area contributed by atoms with E-state index in [2.05, 4.69) is 27.8 Å². The summed E-state index contributed by atoms with van der Waals surface area (Å²) in [6, 6.07) is 11.3. The maximum absolute atomic E-state index is 9.40. The number of fused-ring (bicyclic) bond motifs is 3. The minimum atomic E-state index is 0.418. The number of aromatic nitrogens is 3. The van der Waals surface area contributed by atoms with Crippen LogP contribution in [0.25, 0.3) is 38.8 Å². The molecule has 0 radical (unpaired) electrons. The molecule has 4 aromatic rings. The second-order valence-corrected chi connectivity index (χ2v) is 6.34. The molecule has 0 unspecified atom stereocenters. The van der Waals surface area contributed by atoms with E-state index >= 15 is 0 Å². The summed E-state index contributed by atoms with van der Waals surface area (Å²) in [4.78, 5) is 4.50. The van der Waals surface area contributed by atoms with Gasteiger partial charge in [-0.2, -0.15) is 10.4 Å². The normalized spacial score (nSPS) is 10.7. The molecule has 7 nitrogen and oxygen atoms in total. The molecule has 144 valence electrons. The second kappa shape index (κ2) is 7.17. The summed E-state index contributed by atoms with van der Waals surface area (Å²) in [6.07, 6.45) is 1.73. The first kappa shape index (κ1) is 18.3. The van der Waals surface area contributed by atoms with Crippen LogP contribution in [0.4, 0.5) is 0 Å². The molecular formula is C22H18N4O3. The van der Waals surface area contributed by atoms with Crippen molar-refractivity contribution in [2.24, 2.45) is 0 Å². The molecule has 0 bridgehead atoms. The van der Waals surface area contributed by atoms with E-state index in [1.165, 1.54) is 7.11 Å². The van der Waals surface area contributed by atoms with E-state index in [1.54, 1.807) is 26.5 Å². The van der Waals surface area contributed by atoms with Crippen molar-refractivity contribution in [3.05, 3.63) is 54.2 Å². The molecule has 0 amide bonds. The molecule has 2 aromatic heterocycles. The van der Waals surface area contributed by atoms with Gasteiger partial charge in [-0.3, -0.25) is 10.1 Å². The van der Waals surface area contributed by atoms with E-state index < -0.39 is 0 Å². The lowest BCUT2D eigenvalue weighted by Crippen LogP contribution is -1.93. The predicted octanol–water partition coefficient (Wildman–Crippen LogP) is 4.28. The maximum Gasteiger partial charge on any atom is 0.162 e. The Morgan fingerprint density at radius 3 is 2.55 bits per heavy atom. The first-order chi connectivity index (χ1) is 14.1. The number of H-pyrrole nitrogens is 1. The zero-order chi connectivity index (χ0) is 20.5. The van der Waals surface area contributed by atoms with Gasteiger partial charge in [-0.15, -0.1) is 0 Å². The van der Waals surface area contributed by atoms with E-state index in [0.717, 1.165) is 33.1 Å². The molecule has 4 rings (SSSR count). The Morgan fingerprint density at radius 2 is 1.86 bits per heavy atom. The molecule has 29 heavy (non-hydrogen) atoms. The molecule has 1 N–H and O–H groups in total. The van der Waals surface area contributed by atoms with Crippen LogP contribution in [0, 0.1) is 11.3 Å². The van der Waals surface area contributed by atoms with Crippen molar-refractivity contribution >= 4 is 27.6 Å². The summed E-state index contributed by atoms with van der Waals surface area (Å²) in [5, 5.41) is 18.7. The molecule has 0 atom stereocenters. The lowest BCUT2D eigenvalue weighted by molar-refractivity contribution is 0.356. The molecule has 0 saturated carbocycles. The van der Waals surface area contributed by atoms with Crippen LogP contribution >= 0.6 is 0 Å². The summed E-state index contributed by atoms with van der Waals surface area (Å²) in [6.45, 7) is 3.89. The van der Waals surface area contributed by atoms with Crippen molar-refractivity contribution in [2.75, 3.05) is 21.3 Å². The molecule has 0 aliphatic carbocycles. The van der Waals surface area contributed by atoms with Gasteiger partial charge in [-0.25, -0.2) is 0 Å². The van der Waals surface area contributed by atoms with Crippen molar-refractivity contribution in [2.45, 2.75) is 0 Å². The van der Waals surface area contributed by atoms with Crippen molar-refractivity contribution < 1.29 is 14.2 Å². The zero-order valence-electron chi connectivity index (χ0n) is 16.2. The number of pyridine rings is 1. The van der Waals surface area contributed by atoms with Gasteiger partial charge in [0.25, 0.3) is 0 Å². The highest BCUT2D eigenvalue weighted by molar-refractivity contribution is 6.11. The molecule has 7 heteroatoms. The van der Waals surface area contributed by atoms with Crippen LogP contribution in [-0.2, 0) is 4.74 Å². The van der Waals surface area contributed by atoms with Gasteiger partial charge in [-0.05, 0) is 18.2 Å². The number of hydrogen-bond acceptors (Lipinski definition) is 6. The average molecular weight is 386 g/mol. The van der Waals surface area contributed by atoms with Crippen molar-refractivity contribution in [1.82, 2.24) is 15.2 Å². The Bertz CT molecular complexity index is 1300. The van der Waals surface area contributed by atoms with Gasteiger partial charge in [0.2, 0.25) is 0 Å². The van der Waals surface area contributed by atoms with Gasteiger partial charge in [0.1, 0.15) is 11.5 Å². The van der Waals surface area contributed by atoms with Crippen LogP contribution in [0.5, 0.6) is 11.5 Å². The van der Waals surface area contributed by atoms with Crippen LogP contribution in [0.1, 0.15) is 11.1 Å². The van der Waals surface area contributed by atoms with Crippen LogP contribution in [0.15, 0.2) is 43.1 Å². The number of nitrogens with zero attached hydrogens (tertiary/aromatic N) is 3. The maximum atomic E-state index is 9.40. The molecular weight excluding hydrogens is 368 g/mol. The molecule has 0 fully saturated rings. The fourth-order valence-corrected chi connectivity index (χ4v) is 3.37. The minimum Gasteiger partial charge on any atom is -0.497 e. The van der Waals surface area contributed by atoms with Crippen LogP contribution in [-0.4, -0.2) is 36.5 Å². The number of methoxy groups -OCH3 is 3. The number of rotatable bonds is 5. The number of nitrogens with one attached hydrogen (secondary N) is 1. The fourth-order valence-electron chi connectivity index (χ4n) is 3.37. The van der Waals surface area contributed by atoms with Gasteiger partial charge in [0.05, 0.1) is 50.2 Å². The third-order valence-electron chi connectivity index (χ3n) is 4.86. The molecule has 2 heterocycles. The number of hydrogen-bond donors (Lipinski definition) is 1. The minimum absolute atomic E-state index is 0.418. The van der Waals surface area contributed by atoms with Gasteiger partial charge in [-0.1, -0.05) is 12.6 Å². The summed E-state index contributed by atoms with van der Waals surface area (Å²) in [5.74, 6) is 1.63. The smallest absolute Gasteiger partial charge is 0.162 e. The Labute approximate surface area is 167 Å². The second-order valence-electron chi connectivity index (χ2n) is 6.34. The van der Waals surface area contributed by atoms with Crippen molar-refractivity contribution in [1.29, 1.82) is 5.26 Å². The predicted molar refractivity (Wildman–Crippen MR) is 111 cm³/mol. The van der Waals surface area contributed by atoms with Crippen LogP contribution < -0.4 is 9.47 Å². The van der Waals surface area contributed by atoms with Gasteiger partial charge in [0, 0.05) is 28.0 Å². The number of aromatic amines is 1. The van der Waals surface area contributed by atoms with E-state index in [4.69, 9.17) is 14.2 Å². The number of nitriles is 1. The topological polar surface area (TPSA) is 93.1 Å². The molecule has 0 aliphatic heterocycles. The van der Waals surface area contributed by atoms with Crippen molar-refractivity contribution in [3.8, 4) is 28.8 Å². The number of benzene rings is 2. The quantitative estimate of drug-likeness (QED) is 0.515. The summed E-state index contributed by atoms with van der Waals surface area (Å²) < 4.78 is 16.1. The van der Waals surface area contributed by atoms with Gasteiger partial charge >= 0.3 is 0 Å². The molecule has 2 aromatic carbocycles. The Balaban J connectivity index is 2.01. The van der Waals surface area contributed by atoms with E-state index in [-0.39, 0.29) is 0 Å². The number of ether oxygens (including phenoxy) is 3. The lowest BCUT2D eigenvalue weighted by atomic mass is 9.99. The highest BCUT2D eigenvalue weighted by Crippen LogP contribution is 2.38. The fraction of sp³-hybridized carbons (Fsp3) is 0.136. The Morgan fingerprint density at radius 1 is 1.10 bits per heavy atom. The standard InChI is InChI=1S/C22H18N4O3/c1-12(27-2)15-7-13(5-6-14(15)10-23)22-21-16-8-19(28-3)20(29-4)9-17(16)24-11-18(21)25-26-22/h5-9,11H,1H2,2-4H3,(H,25,26). The third kappa shape index (κ3) is 2.91. The molecule has 0 spiro atoms. The monoisotopic (exact) mass is 386 g/mol. The van der Waals surface area contributed by atoms with Crippen LogP contribution in [0.3, 0.4) is 0 Å². The first-order valence-corrected chi connectivity index (χ1v) is 8.77. The summed E-state index contributed by atoms with van der Waals surface area (Å²) in [7, 11) is 4.71. The highest BCUT2D eigenvalue weighted by atomic mass is 16.5. The van der Waals surface area contributed by atoms with Crippen LogP contribution in [0.2, 0.25) is 0 Å². The summed E-state index contributed by atoms with van der Waals surface area (Å²) >= 11 is 0. The Kier molecular flexibility index (Phi) is 4.53. The van der Waals surface area contributed by atoms with E-state index in [9.17, 15) is 5.26 Å². The third-order valence-corrected chi connectivity index (χ3v) is 4.86.